The van der Waals surface area contributed by atoms with Crippen LogP contribution in [0.25, 0.3) is 0 Å². The quantitative estimate of drug-likeness (QED) is 0.598. The predicted octanol–water partition coefficient (Wildman–Crippen LogP) is 1.84. The van der Waals surface area contributed by atoms with E-state index in [9.17, 15) is 13.6 Å². The Kier molecular flexibility index (Phi) is 3.42. The first-order chi connectivity index (χ1) is 4.84. The van der Waals surface area contributed by atoms with Gasteiger partial charge in [0.05, 0.1) is 12.5 Å². The number of halogens is 2. The molecule has 0 N–H and O–H groups in total. The number of hydrogen-bond acceptors (Lipinski definition) is 2. The van der Waals surface area contributed by atoms with Gasteiger partial charge in [0.1, 0.15) is 0 Å². The molecule has 0 aliphatic heterocycles. The van der Waals surface area contributed by atoms with Gasteiger partial charge in [-0.1, -0.05) is 6.92 Å². The molecule has 11 heavy (non-hydrogen) atoms. The normalized spacial score (nSPS) is 14.3. The van der Waals surface area contributed by atoms with E-state index in [-0.39, 0.29) is 6.61 Å². The first-order valence-electron chi connectivity index (χ1n) is 3.35. The van der Waals surface area contributed by atoms with Crippen LogP contribution in [0, 0.1) is 5.92 Å². The molecule has 1 atom stereocenters. The van der Waals surface area contributed by atoms with Crippen LogP contribution in [0.5, 0.6) is 0 Å². The standard InChI is InChI=1S/C7H12F2O2/c1-5(7(3,8)9)4-11-6(2)10/h5H,4H2,1-3H3/t5-/m0/s1. The molecule has 0 aromatic heterocycles. The van der Waals surface area contributed by atoms with Crippen LogP contribution >= 0.6 is 0 Å². The fraction of sp³-hybridized carbons (Fsp3) is 0.857. The number of carbonyl (C=O) groups excluding carboxylic acids is 1. The van der Waals surface area contributed by atoms with E-state index in [1.54, 1.807) is 0 Å². The van der Waals surface area contributed by atoms with Crippen molar-refractivity contribution in [3.8, 4) is 0 Å². The summed E-state index contributed by atoms with van der Waals surface area (Å²) in [7, 11) is 0. The van der Waals surface area contributed by atoms with Crippen molar-refractivity contribution in [3.63, 3.8) is 0 Å². The molecule has 0 aromatic carbocycles. The summed E-state index contributed by atoms with van der Waals surface area (Å²) in [5, 5.41) is 0. The van der Waals surface area contributed by atoms with Gasteiger partial charge in [0.25, 0.3) is 5.92 Å². The lowest BCUT2D eigenvalue weighted by atomic mass is 10.1. The van der Waals surface area contributed by atoms with Crippen molar-refractivity contribution in [2.75, 3.05) is 6.61 Å². The molecule has 0 aromatic rings. The van der Waals surface area contributed by atoms with E-state index >= 15 is 0 Å². The fourth-order valence-corrected chi connectivity index (χ4v) is 0.389. The molecule has 0 spiro atoms. The summed E-state index contributed by atoms with van der Waals surface area (Å²) in [4.78, 5) is 10.2. The van der Waals surface area contributed by atoms with Crippen molar-refractivity contribution in [2.45, 2.75) is 26.7 Å². The van der Waals surface area contributed by atoms with Gasteiger partial charge in [0.2, 0.25) is 0 Å². The van der Waals surface area contributed by atoms with Crippen molar-refractivity contribution in [1.82, 2.24) is 0 Å². The molecular weight excluding hydrogens is 154 g/mol. The molecule has 0 saturated heterocycles. The monoisotopic (exact) mass is 166 g/mol. The fourth-order valence-electron chi connectivity index (χ4n) is 0.389. The number of alkyl halides is 2. The molecule has 0 amide bonds. The van der Waals surface area contributed by atoms with Gasteiger partial charge in [-0.3, -0.25) is 4.79 Å². The largest absolute Gasteiger partial charge is 0.465 e. The minimum atomic E-state index is -2.78. The minimum Gasteiger partial charge on any atom is -0.465 e. The summed E-state index contributed by atoms with van der Waals surface area (Å²) >= 11 is 0. The highest BCUT2D eigenvalue weighted by Crippen LogP contribution is 2.23. The molecule has 0 aliphatic carbocycles. The average molecular weight is 166 g/mol. The number of carbonyl (C=O) groups is 1. The molecule has 0 fully saturated rings. The molecule has 66 valence electrons. The molecule has 0 rings (SSSR count). The van der Waals surface area contributed by atoms with Crippen LogP contribution in [0.2, 0.25) is 0 Å². The smallest absolute Gasteiger partial charge is 0.302 e. The summed E-state index contributed by atoms with van der Waals surface area (Å²) < 4.78 is 29.2. The summed E-state index contributed by atoms with van der Waals surface area (Å²) in [6.07, 6.45) is 0. The highest BCUT2D eigenvalue weighted by Gasteiger charge is 2.30. The van der Waals surface area contributed by atoms with Crippen molar-refractivity contribution in [1.29, 1.82) is 0 Å². The molecule has 0 aliphatic rings. The lowest BCUT2D eigenvalue weighted by Crippen LogP contribution is -2.26. The number of rotatable bonds is 3. The van der Waals surface area contributed by atoms with Crippen molar-refractivity contribution >= 4 is 5.97 Å². The zero-order valence-electron chi connectivity index (χ0n) is 6.86. The van der Waals surface area contributed by atoms with Crippen molar-refractivity contribution in [3.05, 3.63) is 0 Å². The Bertz CT molecular complexity index is 140. The Morgan fingerprint density at radius 1 is 1.64 bits per heavy atom. The van der Waals surface area contributed by atoms with Gasteiger partial charge >= 0.3 is 5.97 Å². The molecule has 0 bridgehead atoms. The van der Waals surface area contributed by atoms with E-state index in [0.717, 1.165) is 6.92 Å². The van der Waals surface area contributed by atoms with Gasteiger partial charge < -0.3 is 4.74 Å². The SMILES string of the molecule is CC(=O)OC[C@H](C)C(C)(F)F. The lowest BCUT2D eigenvalue weighted by Gasteiger charge is -2.18. The highest BCUT2D eigenvalue weighted by molar-refractivity contribution is 5.65. The zero-order valence-corrected chi connectivity index (χ0v) is 6.86. The van der Waals surface area contributed by atoms with Gasteiger partial charge in [0, 0.05) is 6.92 Å². The van der Waals surface area contributed by atoms with Crippen LogP contribution in [0.15, 0.2) is 0 Å². The zero-order chi connectivity index (χ0) is 9.07. The topological polar surface area (TPSA) is 26.3 Å². The minimum absolute atomic E-state index is 0.223. The maximum Gasteiger partial charge on any atom is 0.302 e. The first kappa shape index (κ1) is 10.3. The first-order valence-corrected chi connectivity index (χ1v) is 3.35. The van der Waals surface area contributed by atoms with Crippen LogP contribution in [-0.2, 0) is 9.53 Å². The predicted molar refractivity (Wildman–Crippen MR) is 36.4 cm³/mol. The van der Waals surface area contributed by atoms with Crippen LogP contribution in [0.4, 0.5) is 8.78 Å². The molecule has 2 nitrogen and oxygen atoms in total. The van der Waals surface area contributed by atoms with Crippen LogP contribution < -0.4 is 0 Å². The summed E-state index contributed by atoms with van der Waals surface area (Å²) in [6, 6.07) is 0. The van der Waals surface area contributed by atoms with Gasteiger partial charge in [0.15, 0.2) is 0 Å². The Labute approximate surface area is 64.5 Å². The molecule has 0 radical (unpaired) electrons. The lowest BCUT2D eigenvalue weighted by molar-refractivity contribution is -0.146. The van der Waals surface area contributed by atoms with Crippen LogP contribution in [0.3, 0.4) is 0 Å². The Morgan fingerprint density at radius 2 is 2.09 bits per heavy atom. The molecule has 4 heteroatoms. The molecular formula is C7H12F2O2. The van der Waals surface area contributed by atoms with E-state index < -0.39 is 17.8 Å². The van der Waals surface area contributed by atoms with E-state index in [4.69, 9.17) is 0 Å². The van der Waals surface area contributed by atoms with E-state index in [0.29, 0.717) is 0 Å². The summed E-state index contributed by atoms with van der Waals surface area (Å²) in [6.45, 7) is 3.11. The second kappa shape index (κ2) is 3.64. The van der Waals surface area contributed by atoms with Gasteiger partial charge in [-0.05, 0) is 6.92 Å². The Hall–Kier alpha value is -0.670. The molecule has 0 saturated carbocycles. The summed E-state index contributed by atoms with van der Waals surface area (Å²) in [5.74, 6) is -4.23. The second-order valence-corrected chi connectivity index (χ2v) is 2.66. The van der Waals surface area contributed by atoms with Gasteiger partial charge in [-0.15, -0.1) is 0 Å². The third-order valence-electron chi connectivity index (χ3n) is 1.40. The van der Waals surface area contributed by atoms with Gasteiger partial charge in [-0.2, -0.15) is 0 Å². The second-order valence-electron chi connectivity index (χ2n) is 2.66. The number of ether oxygens (including phenoxy) is 1. The summed E-state index contributed by atoms with van der Waals surface area (Å²) in [5.41, 5.74) is 0. The molecule has 0 unspecified atom stereocenters. The maximum absolute atomic E-state index is 12.4. The maximum atomic E-state index is 12.4. The van der Waals surface area contributed by atoms with E-state index in [1.807, 2.05) is 0 Å². The van der Waals surface area contributed by atoms with E-state index in [2.05, 4.69) is 4.74 Å². The van der Waals surface area contributed by atoms with E-state index in [1.165, 1.54) is 13.8 Å². The third-order valence-corrected chi connectivity index (χ3v) is 1.40. The van der Waals surface area contributed by atoms with Crippen LogP contribution in [0.1, 0.15) is 20.8 Å². The number of hydrogen-bond donors (Lipinski definition) is 0. The number of esters is 1. The van der Waals surface area contributed by atoms with Crippen molar-refractivity contribution in [2.24, 2.45) is 5.92 Å². The Morgan fingerprint density at radius 3 is 2.36 bits per heavy atom. The third kappa shape index (κ3) is 4.70. The molecule has 0 heterocycles. The van der Waals surface area contributed by atoms with Crippen LogP contribution in [-0.4, -0.2) is 18.5 Å². The highest BCUT2D eigenvalue weighted by atomic mass is 19.3. The average Bonchev–Trinajstić information content (AvgIpc) is 1.80. The van der Waals surface area contributed by atoms with Gasteiger partial charge in [-0.25, -0.2) is 8.78 Å². The van der Waals surface area contributed by atoms with Crippen molar-refractivity contribution < 1.29 is 18.3 Å². The Balaban J connectivity index is 3.70.